The van der Waals surface area contributed by atoms with Crippen molar-refractivity contribution >= 4 is 17.7 Å². The molecule has 0 bridgehead atoms. The van der Waals surface area contributed by atoms with Gasteiger partial charge in [0, 0.05) is 50.6 Å². The fraction of sp³-hybridized carbons (Fsp3) is 0.526. The number of imide groups is 1. The number of hydrogen-bond donors (Lipinski definition) is 4. The van der Waals surface area contributed by atoms with Gasteiger partial charge in [-0.2, -0.15) is 0 Å². The van der Waals surface area contributed by atoms with E-state index in [9.17, 15) is 19.5 Å². The van der Waals surface area contributed by atoms with E-state index in [1.807, 2.05) is 18.2 Å². The highest BCUT2D eigenvalue weighted by molar-refractivity contribution is 6.05. The Morgan fingerprint density at radius 3 is 2.81 bits per heavy atom. The molecule has 3 aliphatic heterocycles. The molecule has 8 heteroatoms. The van der Waals surface area contributed by atoms with Gasteiger partial charge in [-0.1, -0.05) is 18.2 Å². The van der Waals surface area contributed by atoms with E-state index in [4.69, 9.17) is 0 Å². The van der Waals surface area contributed by atoms with Crippen molar-refractivity contribution in [3.05, 3.63) is 34.9 Å². The Balaban J connectivity index is 1.45. The predicted molar refractivity (Wildman–Crippen MR) is 96.6 cm³/mol. The van der Waals surface area contributed by atoms with Crippen molar-refractivity contribution in [1.82, 2.24) is 20.9 Å². The van der Waals surface area contributed by atoms with Crippen LogP contribution in [0.1, 0.15) is 34.3 Å². The fourth-order valence-electron chi connectivity index (χ4n) is 4.16. The summed E-state index contributed by atoms with van der Waals surface area (Å²) < 4.78 is 0. The molecule has 2 saturated heterocycles. The van der Waals surface area contributed by atoms with Crippen molar-refractivity contribution in [3.8, 4) is 0 Å². The number of nitrogens with zero attached hydrogens (tertiary/aromatic N) is 1. The number of aliphatic hydroxyl groups is 1. The maximum Gasteiger partial charge on any atom is 0.255 e. The second-order valence-electron chi connectivity index (χ2n) is 7.47. The lowest BCUT2D eigenvalue weighted by Gasteiger charge is -2.29. The third kappa shape index (κ3) is 3.47. The lowest BCUT2D eigenvalue weighted by atomic mass is 10.0. The minimum atomic E-state index is -0.594. The minimum absolute atomic E-state index is 0.153. The van der Waals surface area contributed by atoms with Gasteiger partial charge in [0.15, 0.2) is 0 Å². The van der Waals surface area contributed by atoms with Crippen LogP contribution >= 0.6 is 0 Å². The molecule has 2 fully saturated rings. The standard InChI is InChI=1S/C19H24N4O4/c24-15-9-21-8-13(15)7-20-6-11-2-1-3-12-10-23(19(27)17(11)12)14-4-5-16(25)22-18(14)26/h1-3,13-15,20-21,24H,4-10H2,(H,22,25,26)/t13-,14?,15+/m0/s1. The Morgan fingerprint density at radius 1 is 1.22 bits per heavy atom. The van der Waals surface area contributed by atoms with Crippen LogP contribution in [0.25, 0.3) is 0 Å². The first kappa shape index (κ1) is 18.1. The van der Waals surface area contributed by atoms with E-state index in [1.54, 1.807) is 4.90 Å². The molecule has 0 aliphatic carbocycles. The second kappa shape index (κ2) is 7.38. The summed E-state index contributed by atoms with van der Waals surface area (Å²) in [5.74, 6) is -0.666. The van der Waals surface area contributed by atoms with Crippen molar-refractivity contribution in [2.45, 2.75) is 38.1 Å². The van der Waals surface area contributed by atoms with Crippen molar-refractivity contribution in [3.63, 3.8) is 0 Å². The maximum absolute atomic E-state index is 13.0. The molecule has 3 atom stereocenters. The van der Waals surface area contributed by atoms with Crippen LogP contribution in [-0.2, 0) is 22.7 Å². The Hall–Kier alpha value is -2.29. The third-order valence-corrected chi connectivity index (χ3v) is 5.66. The molecule has 1 aromatic carbocycles. The van der Waals surface area contributed by atoms with Gasteiger partial charge >= 0.3 is 0 Å². The van der Waals surface area contributed by atoms with Gasteiger partial charge in [0.25, 0.3) is 5.91 Å². The Morgan fingerprint density at radius 2 is 2.07 bits per heavy atom. The maximum atomic E-state index is 13.0. The number of carbonyl (C=O) groups is 3. The largest absolute Gasteiger partial charge is 0.391 e. The molecule has 1 unspecified atom stereocenters. The number of amides is 3. The summed E-state index contributed by atoms with van der Waals surface area (Å²) in [5.41, 5.74) is 2.46. The zero-order valence-corrected chi connectivity index (χ0v) is 15.0. The van der Waals surface area contributed by atoms with E-state index in [-0.39, 0.29) is 30.3 Å². The van der Waals surface area contributed by atoms with Crippen LogP contribution in [-0.4, -0.2) is 59.5 Å². The summed E-state index contributed by atoms with van der Waals surface area (Å²) >= 11 is 0. The monoisotopic (exact) mass is 372 g/mol. The summed E-state index contributed by atoms with van der Waals surface area (Å²) in [6, 6.07) is 5.15. The summed E-state index contributed by atoms with van der Waals surface area (Å²) in [7, 11) is 0. The molecule has 0 saturated carbocycles. The van der Waals surface area contributed by atoms with Gasteiger partial charge < -0.3 is 20.6 Å². The smallest absolute Gasteiger partial charge is 0.255 e. The quantitative estimate of drug-likeness (QED) is 0.500. The zero-order valence-electron chi connectivity index (χ0n) is 15.0. The molecular weight excluding hydrogens is 348 g/mol. The highest BCUT2D eigenvalue weighted by Gasteiger charge is 2.39. The van der Waals surface area contributed by atoms with Gasteiger partial charge in [0.2, 0.25) is 11.8 Å². The van der Waals surface area contributed by atoms with Crippen molar-refractivity contribution < 1.29 is 19.5 Å². The SMILES string of the molecule is O=C1CCC(N2Cc3cccc(CNC[C@H]4CNC[C@H]4O)c3C2=O)C(=O)N1. The first-order chi connectivity index (χ1) is 13.0. The van der Waals surface area contributed by atoms with Crippen LogP contribution < -0.4 is 16.0 Å². The van der Waals surface area contributed by atoms with Crippen molar-refractivity contribution in [1.29, 1.82) is 0 Å². The van der Waals surface area contributed by atoms with E-state index < -0.39 is 11.9 Å². The van der Waals surface area contributed by atoms with Crippen LogP contribution in [0.15, 0.2) is 18.2 Å². The van der Waals surface area contributed by atoms with Gasteiger partial charge in [0.1, 0.15) is 6.04 Å². The molecular formula is C19H24N4O4. The lowest BCUT2D eigenvalue weighted by molar-refractivity contribution is -0.136. The number of carbonyl (C=O) groups excluding carboxylic acids is 3. The third-order valence-electron chi connectivity index (χ3n) is 5.66. The average Bonchev–Trinajstić information content (AvgIpc) is 3.19. The number of hydrogen-bond acceptors (Lipinski definition) is 6. The number of nitrogens with one attached hydrogen (secondary N) is 3. The first-order valence-electron chi connectivity index (χ1n) is 9.39. The number of aliphatic hydroxyl groups excluding tert-OH is 1. The molecule has 3 heterocycles. The molecule has 4 N–H and O–H groups in total. The molecule has 0 aromatic heterocycles. The Kier molecular flexibility index (Phi) is 4.94. The molecule has 8 nitrogen and oxygen atoms in total. The summed E-state index contributed by atoms with van der Waals surface area (Å²) in [6.45, 7) is 2.99. The van der Waals surface area contributed by atoms with E-state index in [0.29, 0.717) is 38.2 Å². The average molecular weight is 372 g/mol. The number of benzene rings is 1. The van der Waals surface area contributed by atoms with Crippen LogP contribution in [0.3, 0.4) is 0 Å². The number of piperidine rings is 1. The van der Waals surface area contributed by atoms with Crippen molar-refractivity contribution in [2.24, 2.45) is 5.92 Å². The Bertz CT molecular complexity index is 781. The normalized spacial score (nSPS) is 27.8. The van der Waals surface area contributed by atoms with Crippen LogP contribution in [0.4, 0.5) is 0 Å². The van der Waals surface area contributed by atoms with Crippen LogP contribution in [0, 0.1) is 5.92 Å². The second-order valence-corrected chi connectivity index (χ2v) is 7.47. The molecule has 0 radical (unpaired) electrons. The Labute approximate surface area is 157 Å². The molecule has 1 aromatic rings. The van der Waals surface area contributed by atoms with E-state index in [2.05, 4.69) is 16.0 Å². The predicted octanol–water partition coefficient (Wildman–Crippen LogP) is -0.882. The topological polar surface area (TPSA) is 111 Å². The van der Waals surface area contributed by atoms with Gasteiger partial charge in [-0.05, 0) is 17.5 Å². The first-order valence-corrected chi connectivity index (χ1v) is 9.39. The molecule has 0 spiro atoms. The lowest BCUT2D eigenvalue weighted by Crippen LogP contribution is -2.52. The molecule has 27 heavy (non-hydrogen) atoms. The number of β-amino-alcohol motifs (C(OH)–C–C–N with tert-alkyl or cyclic N) is 1. The molecule has 3 amide bonds. The minimum Gasteiger partial charge on any atom is -0.391 e. The van der Waals surface area contributed by atoms with Gasteiger partial charge in [-0.15, -0.1) is 0 Å². The molecule has 3 aliphatic rings. The van der Waals surface area contributed by atoms with Crippen LogP contribution in [0.2, 0.25) is 0 Å². The fourth-order valence-corrected chi connectivity index (χ4v) is 4.16. The number of rotatable bonds is 5. The summed E-state index contributed by atoms with van der Waals surface area (Å²) in [6.07, 6.45) is 0.274. The number of fused-ring (bicyclic) bond motifs is 1. The zero-order chi connectivity index (χ0) is 19.0. The van der Waals surface area contributed by atoms with Gasteiger partial charge in [0.05, 0.1) is 6.10 Å². The van der Waals surface area contributed by atoms with Crippen molar-refractivity contribution in [2.75, 3.05) is 19.6 Å². The van der Waals surface area contributed by atoms with E-state index in [0.717, 1.165) is 17.7 Å². The highest BCUT2D eigenvalue weighted by atomic mass is 16.3. The van der Waals surface area contributed by atoms with E-state index in [1.165, 1.54) is 0 Å². The highest BCUT2D eigenvalue weighted by Crippen LogP contribution is 2.29. The summed E-state index contributed by atoms with van der Waals surface area (Å²) in [4.78, 5) is 38.1. The molecule has 144 valence electrons. The molecule has 4 rings (SSSR count). The van der Waals surface area contributed by atoms with E-state index >= 15 is 0 Å². The van der Waals surface area contributed by atoms with Gasteiger partial charge in [-0.3, -0.25) is 19.7 Å². The summed E-state index contributed by atoms with van der Waals surface area (Å²) in [5, 5.41) is 18.7. The van der Waals surface area contributed by atoms with Gasteiger partial charge in [-0.25, -0.2) is 0 Å². The van der Waals surface area contributed by atoms with Crippen LogP contribution in [0.5, 0.6) is 0 Å².